The number of likely N-dealkylation sites (N-methyl/N-ethyl adjacent to an activating group) is 1. The quantitative estimate of drug-likeness (QED) is 0.628. The zero-order valence-corrected chi connectivity index (χ0v) is 11.4. The Morgan fingerprint density at radius 1 is 1.50 bits per heavy atom. The first-order chi connectivity index (χ1) is 8.60. The number of halogens is 2. The fraction of sp³-hybridized carbons (Fsp3) is 0.231. The van der Waals surface area contributed by atoms with Gasteiger partial charge in [0.15, 0.2) is 0 Å². The first-order valence-electron chi connectivity index (χ1n) is 5.38. The standard InChI is InChI=1S/C13H12Cl2N2O/c1-2-17(9-8-16)12(18)7-6-10-4-3-5-11(14)13(10)15/h3-7H,2,9H2,1H3/b7-6+. The van der Waals surface area contributed by atoms with Crippen LogP contribution in [0.3, 0.4) is 0 Å². The summed E-state index contributed by atoms with van der Waals surface area (Å²) in [4.78, 5) is 13.2. The van der Waals surface area contributed by atoms with Crippen molar-refractivity contribution in [3.8, 4) is 6.07 Å². The monoisotopic (exact) mass is 282 g/mol. The van der Waals surface area contributed by atoms with Gasteiger partial charge in [-0.3, -0.25) is 4.79 Å². The number of hydrogen-bond donors (Lipinski definition) is 0. The van der Waals surface area contributed by atoms with E-state index in [4.69, 9.17) is 28.5 Å². The minimum atomic E-state index is -0.227. The lowest BCUT2D eigenvalue weighted by Gasteiger charge is -2.14. The van der Waals surface area contributed by atoms with Gasteiger partial charge in [0.25, 0.3) is 0 Å². The Hall–Kier alpha value is -1.50. The summed E-state index contributed by atoms with van der Waals surface area (Å²) in [5.74, 6) is -0.227. The number of nitrogens with zero attached hydrogens (tertiary/aromatic N) is 2. The van der Waals surface area contributed by atoms with Crippen molar-refractivity contribution in [2.24, 2.45) is 0 Å². The van der Waals surface area contributed by atoms with E-state index >= 15 is 0 Å². The van der Waals surface area contributed by atoms with Crippen molar-refractivity contribution in [3.05, 3.63) is 39.9 Å². The predicted molar refractivity (Wildman–Crippen MR) is 73.4 cm³/mol. The highest BCUT2D eigenvalue weighted by molar-refractivity contribution is 6.42. The van der Waals surface area contributed by atoms with Crippen LogP contribution in [0.4, 0.5) is 0 Å². The Balaban J connectivity index is 2.84. The van der Waals surface area contributed by atoms with E-state index in [2.05, 4.69) is 0 Å². The number of hydrogen-bond acceptors (Lipinski definition) is 2. The van der Waals surface area contributed by atoms with E-state index in [1.807, 2.05) is 13.0 Å². The van der Waals surface area contributed by atoms with Crippen LogP contribution in [0, 0.1) is 11.3 Å². The molecule has 0 fully saturated rings. The maximum Gasteiger partial charge on any atom is 0.247 e. The van der Waals surface area contributed by atoms with Crippen LogP contribution >= 0.6 is 23.2 Å². The molecule has 1 aromatic rings. The lowest BCUT2D eigenvalue weighted by molar-refractivity contribution is -0.125. The van der Waals surface area contributed by atoms with Crippen molar-refractivity contribution in [1.29, 1.82) is 5.26 Å². The van der Waals surface area contributed by atoms with Gasteiger partial charge in [0, 0.05) is 12.6 Å². The van der Waals surface area contributed by atoms with Gasteiger partial charge in [-0.1, -0.05) is 35.3 Å². The lowest BCUT2D eigenvalue weighted by atomic mass is 10.2. The molecule has 1 rings (SSSR count). The summed E-state index contributed by atoms with van der Waals surface area (Å²) in [6.07, 6.45) is 2.98. The van der Waals surface area contributed by atoms with Gasteiger partial charge >= 0.3 is 0 Å². The fourth-order valence-electron chi connectivity index (χ4n) is 1.35. The van der Waals surface area contributed by atoms with Crippen LogP contribution in [-0.2, 0) is 4.79 Å². The second-order valence-electron chi connectivity index (χ2n) is 3.49. The molecular weight excluding hydrogens is 271 g/mol. The van der Waals surface area contributed by atoms with Crippen LogP contribution in [0.15, 0.2) is 24.3 Å². The van der Waals surface area contributed by atoms with Crippen molar-refractivity contribution >= 4 is 35.2 Å². The number of carbonyl (C=O) groups excluding carboxylic acids is 1. The van der Waals surface area contributed by atoms with Gasteiger partial charge in [-0.05, 0) is 24.6 Å². The van der Waals surface area contributed by atoms with Gasteiger partial charge < -0.3 is 4.90 Å². The SMILES string of the molecule is CCN(CC#N)C(=O)/C=C/c1cccc(Cl)c1Cl. The molecule has 0 atom stereocenters. The molecule has 3 nitrogen and oxygen atoms in total. The number of carbonyl (C=O) groups is 1. The number of nitriles is 1. The van der Waals surface area contributed by atoms with Gasteiger partial charge in [0.2, 0.25) is 5.91 Å². The van der Waals surface area contributed by atoms with E-state index in [-0.39, 0.29) is 12.5 Å². The van der Waals surface area contributed by atoms with Gasteiger partial charge in [-0.2, -0.15) is 5.26 Å². The van der Waals surface area contributed by atoms with Crippen molar-refractivity contribution in [3.63, 3.8) is 0 Å². The first kappa shape index (κ1) is 14.6. The molecule has 0 unspecified atom stereocenters. The van der Waals surface area contributed by atoms with E-state index < -0.39 is 0 Å². The number of rotatable bonds is 4. The molecule has 18 heavy (non-hydrogen) atoms. The zero-order valence-electron chi connectivity index (χ0n) is 9.86. The van der Waals surface area contributed by atoms with Gasteiger partial charge in [0.05, 0.1) is 16.1 Å². The fourth-order valence-corrected chi connectivity index (χ4v) is 1.72. The van der Waals surface area contributed by atoms with Crippen molar-refractivity contribution in [1.82, 2.24) is 4.90 Å². The summed E-state index contributed by atoms with van der Waals surface area (Å²) in [6, 6.07) is 7.14. The van der Waals surface area contributed by atoms with E-state index in [9.17, 15) is 4.79 Å². The van der Waals surface area contributed by atoms with Crippen molar-refractivity contribution in [2.75, 3.05) is 13.1 Å². The zero-order chi connectivity index (χ0) is 13.5. The van der Waals surface area contributed by atoms with Gasteiger partial charge in [0.1, 0.15) is 6.54 Å². The highest BCUT2D eigenvalue weighted by Gasteiger charge is 2.07. The van der Waals surface area contributed by atoms with Crippen LogP contribution in [0.25, 0.3) is 6.08 Å². The van der Waals surface area contributed by atoms with E-state index in [1.165, 1.54) is 11.0 Å². The molecule has 5 heteroatoms. The molecule has 0 saturated heterocycles. The van der Waals surface area contributed by atoms with E-state index in [1.54, 1.807) is 24.3 Å². The summed E-state index contributed by atoms with van der Waals surface area (Å²) in [5.41, 5.74) is 0.672. The Kier molecular flexibility index (Phi) is 5.70. The second-order valence-corrected chi connectivity index (χ2v) is 4.27. The van der Waals surface area contributed by atoms with Crippen LogP contribution < -0.4 is 0 Å². The third kappa shape index (κ3) is 3.76. The molecule has 0 aliphatic carbocycles. The largest absolute Gasteiger partial charge is 0.326 e. The van der Waals surface area contributed by atoms with E-state index in [0.29, 0.717) is 22.2 Å². The average molecular weight is 283 g/mol. The molecule has 0 radical (unpaired) electrons. The first-order valence-corrected chi connectivity index (χ1v) is 6.13. The number of amides is 1. The highest BCUT2D eigenvalue weighted by atomic mass is 35.5. The summed E-state index contributed by atoms with van der Waals surface area (Å²) in [5, 5.41) is 9.43. The molecule has 0 aromatic heterocycles. The molecule has 1 amide bonds. The Morgan fingerprint density at radius 2 is 2.22 bits per heavy atom. The van der Waals surface area contributed by atoms with Crippen LogP contribution in [-0.4, -0.2) is 23.9 Å². The molecular formula is C13H12Cl2N2O. The Labute approximate surface area is 116 Å². The molecule has 0 spiro atoms. The molecule has 0 saturated carbocycles. The van der Waals surface area contributed by atoms with Crippen LogP contribution in [0.2, 0.25) is 10.0 Å². The molecule has 0 bridgehead atoms. The summed E-state index contributed by atoms with van der Waals surface area (Å²) < 4.78 is 0. The normalized spacial score (nSPS) is 10.3. The van der Waals surface area contributed by atoms with Crippen LogP contribution in [0.5, 0.6) is 0 Å². The average Bonchev–Trinajstić information content (AvgIpc) is 2.37. The third-order valence-corrected chi connectivity index (χ3v) is 3.18. The van der Waals surface area contributed by atoms with Gasteiger partial charge in [-0.25, -0.2) is 0 Å². The minimum Gasteiger partial charge on any atom is -0.326 e. The summed E-state index contributed by atoms with van der Waals surface area (Å²) in [6.45, 7) is 2.37. The Morgan fingerprint density at radius 3 is 2.83 bits per heavy atom. The molecule has 0 aliphatic rings. The number of benzene rings is 1. The Bertz CT molecular complexity index is 506. The topological polar surface area (TPSA) is 44.1 Å². The maximum atomic E-state index is 11.7. The highest BCUT2D eigenvalue weighted by Crippen LogP contribution is 2.26. The minimum absolute atomic E-state index is 0.0724. The molecule has 0 N–H and O–H groups in total. The molecule has 0 aliphatic heterocycles. The van der Waals surface area contributed by atoms with Gasteiger partial charge in [-0.15, -0.1) is 0 Å². The second kappa shape index (κ2) is 7.05. The van der Waals surface area contributed by atoms with Crippen LogP contribution in [0.1, 0.15) is 12.5 Å². The predicted octanol–water partition coefficient (Wildman–Crippen LogP) is 3.38. The smallest absolute Gasteiger partial charge is 0.247 e. The maximum absolute atomic E-state index is 11.7. The summed E-state index contributed by atoms with van der Waals surface area (Å²) >= 11 is 11.9. The van der Waals surface area contributed by atoms with Crippen molar-refractivity contribution < 1.29 is 4.79 Å². The molecule has 94 valence electrons. The summed E-state index contributed by atoms with van der Waals surface area (Å²) in [7, 11) is 0. The van der Waals surface area contributed by atoms with E-state index in [0.717, 1.165) is 0 Å². The van der Waals surface area contributed by atoms with Crippen molar-refractivity contribution in [2.45, 2.75) is 6.92 Å². The lowest BCUT2D eigenvalue weighted by Crippen LogP contribution is -2.29. The molecule has 0 heterocycles. The third-order valence-electron chi connectivity index (χ3n) is 2.34. The molecule has 1 aromatic carbocycles.